The van der Waals surface area contributed by atoms with E-state index in [1.165, 1.54) is 10.6 Å². The van der Waals surface area contributed by atoms with E-state index in [0.717, 1.165) is 22.3 Å². The van der Waals surface area contributed by atoms with Gasteiger partial charge in [-0.15, -0.1) is 0 Å². The van der Waals surface area contributed by atoms with Crippen LogP contribution in [-0.4, -0.2) is 43.4 Å². The molecule has 1 unspecified atom stereocenters. The summed E-state index contributed by atoms with van der Waals surface area (Å²) in [6.07, 6.45) is 1.46. The highest BCUT2D eigenvalue weighted by atomic mass is 32.2. The fourth-order valence-electron chi connectivity index (χ4n) is 3.98. The molecule has 0 spiro atoms. The van der Waals surface area contributed by atoms with Gasteiger partial charge in [0.15, 0.2) is 0 Å². The third kappa shape index (κ3) is 4.45. The van der Waals surface area contributed by atoms with Crippen molar-refractivity contribution >= 4 is 15.9 Å². The number of piperidine rings is 1. The van der Waals surface area contributed by atoms with Crippen molar-refractivity contribution in [2.24, 2.45) is 5.92 Å². The molecule has 1 aromatic carbocycles. The van der Waals surface area contributed by atoms with Gasteiger partial charge in [0.05, 0.1) is 17.7 Å². The molecular formula is C22H30N2O5S. The van der Waals surface area contributed by atoms with E-state index < -0.39 is 16.1 Å². The second kappa shape index (κ2) is 8.91. The van der Waals surface area contributed by atoms with E-state index in [0.29, 0.717) is 36.6 Å². The Hall–Kier alpha value is -2.16. The van der Waals surface area contributed by atoms with Gasteiger partial charge in [-0.3, -0.25) is 4.79 Å². The van der Waals surface area contributed by atoms with Gasteiger partial charge in [0.1, 0.15) is 11.9 Å². The Morgan fingerprint density at radius 1 is 1.20 bits per heavy atom. The molecule has 1 atom stereocenters. The first kappa shape index (κ1) is 22.5. The summed E-state index contributed by atoms with van der Waals surface area (Å²) in [6, 6.07) is 5.34. The summed E-state index contributed by atoms with van der Waals surface area (Å²) in [5, 5.41) is 12.8. The molecule has 1 aliphatic rings. The Balaban J connectivity index is 1.63. The van der Waals surface area contributed by atoms with Crippen LogP contribution in [0.3, 0.4) is 0 Å². The minimum absolute atomic E-state index is 0.0613. The first-order chi connectivity index (χ1) is 14.1. The van der Waals surface area contributed by atoms with Gasteiger partial charge in [-0.05, 0) is 74.9 Å². The van der Waals surface area contributed by atoms with Crippen LogP contribution in [0.5, 0.6) is 0 Å². The average Bonchev–Trinajstić information content (AvgIpc) is 3.25. The summed E-state index contributed by atoms with van der Waals surface area (Å²) in [4.78, 5) is 12.9. The fourth-order valence-corrected chi connectivity index (χ4v) is 6.02. The lowest BCUT2D eigenvalue weighted by atomic mass is 9.97. The summed E-state index contributed by atoms with van der Waals surface area (Å²) in [5.41, 5.74) is 3.48. The van der Waals surface area contributed by atoms with E-state index >= 15 is 0 Å². The summed E-state index contributed by atoms with van der Waals surface area (Å²) in [5.74, 6) is -0.0477. The summed E-state index contributed by atoms with van der Waals surface area (Å²) in [7, 11) is -3.62. The number of carbonyl (C=O) groups excluding carboxylic acids is 1. The maximum Gasteiger partial charge on any atom is 0.243 e. The zero-order valence-corrected chi connectivity index (χ0v) is 18.8. The molecule has 0 saturated carbocycles. The maximum absolute atomic E-state index is 13.3. The summed E-state index contributed by atoms with van der Waals surface area (Å²) in [6.45, 7) is 8.20. The Morgan fingerprint density at radius 3 is 2.33 bits per heavy atom. The average molecular weight is 435 g/mol. The van der Waals surface area contributed by atoms with Gasteiger partial charge >= 0.3 is 0 Å². The number of aryl methyl sites for hydroxylation is 2. The maximum atomic E-state index is 13.3. The van der Waals surface area contributed by atoms with Crippen molar-refractivity contribution in [3.05, 3.63) is 52.5 Å². The van der Waals surface area contributed by atoms with E-state index in [9.17, 15) is 18.3 Å². The summed E-state index contributed by atoms with van der Waals surface area (Å²) >= 11 is 0. The molecule has 3 rings (SSSR count). The number of rotatable bonds is 6. The first-order valence-electron chi connectivity index (χ1n) is 10.2. The lowest BCUT2D eigenvalue weighted by molar-refractivity contribution is -0.126. The molecule has 2 heterocycles. The Morgan fingerprint density at radius 2 is 1.80 bits per heavy atom. The molecule has 7 nitrogen and oxygen atoms in total. The minimum atomic E-state index is -3.62. The highest BCUT2D eigenvalue weighted by molar-refractivity contribution is 7.89. The SMILES string of the molecule is Cc1cc(C)c(C)c(S(=O)(=O)N2CCC(C(=O)NCC(O)c3ccco3)CC2)c1C. The molecular weight excluding hydrogens is 404 g/mol. The van der Waals surface area contributed by atoms with Gasteiger partial charge in [0.2, 0.25) is 15.9 Å². The molecule has 1 aliphatic heterocycles. The predicted molar refractivity (Wildman–Crippen MR) is 114 cm³/mol. The van der Waals surface area contributed by atoms with Crippen LogP contribution in [0.2, 0.25) is 0 Å². The van der Waals surface area contributed by atoms with Crippen LogP contribution in [0.1, 0.15) is 47.0 Å². The van der Waals surface area contributed by atoms with Gasteiger partial charge in [-0.25, -0.2) is 8.42 Å². The number of benzene rings is 1. The van der Waals surface area contributed by atoms with Crippen LogP contribution in [0.15, 0.2) is 33.8 Å². The van der Waals surface area contributed by atoms with Gasteiger partial charge in [-0.1, -0.05) is 6.07 Å². The molecule has 1 aromatic heterocycles. The van der Waals surface area contributed by atoms with E-state index in [4.69, 9.17) is 4.42 Å². The van der Waals surface area contributed by atoms with Gasteiger partial charge in [0, 0.05) is 19.0 Å². The van der Waals surface area contributed by atoms with Crippen LogP contribution < -0.4 is 5.32 Å². The number of aliphatic hydroxyl groups is 1. The number of carbonyl (C=O) groups is 1. The quantitative estimate of drug-likeness (QED) is 0.728. The van der Waals surface area contributed by atoms with Crippen molar-refractivity contribution in [1.29, 1.82) is 0 Å². The van der Waals surface area contributed by atoms with Gasteiger partial charge in [-0.2, -0.15) is 4.31 Å². The number of hydrogen-bond donors (Lipinski definition) is 2. The number of nitrogens with one attached hydrogen (secondary N) is 1. The number of aliphatic hydroxyl groups excluding tert-OH is 1. The van der Waals surface area contributed by atoms with E-state index in [1.54, 1.807) is 12.1 Å². The molecule has 1 amide bonds. The van der Waals surface area contributed by atoms with Crippen molar-refractivity contribution in [2.45, 2.75) is 51.5 Å². The highest BCUT2D eigenvalue weighted by Crippen LogP contribution is 2.31. The lowest BCUT2D eigenvalue weighted by Gasteiger charge is -2.32. The molecule has 1 saturated heterocycles. The zero-order chi connectivity index (χ0) is 22.1. The minimum Gasteiger partial charge on any atom is -0.467 e. The number of furan rings is 1. The Kier molecular flexibility index (Phi) is 6.69. The zero-order valence-electron chi connectivity index (χ0n) is 17.9. The van der Waals surface area contributed by atoms with Crippen molar-refractivity contribution in [2.75, 3.05) is 19.6 Å². The van der Waals surface area contributed by atoms with Crippen molar-refractivity contribution < 1.29 is 22.7 Å². The second-order valence-electron chi connectivity index (χ2n) is 8.04. The first-order valence-corrected chi connectivity index (χ1v) is 11.6. The third-order valence-corrected chi connectivity index (χ3v) is 8.23. The summed E-state index contributed by atoms with van der Waals surface area (Å²) < 4.78 is 33.3. The monoisotopic (exact) mass is 434 g/mol. The smallest absolute Gasteiger partial charge is 0.243 e. The predicted octanol–water partition coefficient (Wildman–Crippen LogP) is 2.76. The van der Waals surface area contributed by atoms with Crippen LogP contribution in [0, 0.1) is 33.6 Å². The lowest BCUT2D eigenvalue weighted by Crippen LogP contribution is -2.44. The van der Waals surface area contributed by atoms with Gasteiger partial charge < -0.3 is 14.8 Å². The fraction of sp³-hybridized carbons (Fsp3) is 0.500. The topological polar surface area (TPSA) is 99.9 Å². The molecule has 164 valence electrons. The molecule has 2 aromatic rings. The number of amides is 1. The molecule has 2 N–H and O–H groups in total. The number of hydrogen-bond acceptors (Lipinski definition) is 5. The molecule has 1 fully saturated rings. The van der Waals surface area contributed by atoms with Crippen molar-refractivity contribution in [3.8, 4) is 0 Å². The van der Waals surface area contributed by atoms with Crippen molar-refractivity contribution in [1.82, 2.24) is 9.62 Å². The van der Waals surface area contributed by atoms with Crippen LogP contribution in [-0.2, 0) is 14.8 Å². The molecule has 0 radical (unpaired) electrons. The molecule has 8 heteroatoms. The standard InChI is InChI=1S/C22H30N2O5S/c1-14-12-15(2)17(4)21(16(14)3)30(27,28)24-9-7-18(8-10-24)22(26)23-13-19(25)20-6-5-11-29-20/h5-6,11-12,18-19,25H,7-10,13H2,1-4H3,(H,23,26). The Bertz CT molecular complexity index is 980. The van der Waals surface area contributed by atoms with Crippen molar-refractivity contribution in [3.63, 3.8) is 0 Å². The largest absolute Gasteiger partial charge is 0.467 e. The molecule has 0 aliphatic carbocycles. The van der Waals surface area contributed by atoms with E-state index in [2.05, 4.69) is 5.32 Å². The normalized spacial score (nSPS) is 17.1. The Labute approximate surface area is 178 Å². The van der Waals surface area contributed by atoms with Crippen LogP contribution in [0.4, 0.5) is 0 Å². The van der Waals surface area contributed by atoms with E-state index in [-0.39, 0.29) is 18.4 Å². The second-order valence-corrected chi connectivity index (χ2v) is 9.92. The van der Waals surface area contributed by atoms with E-state index in [1.807, 2.05) is 33.8 Å². The van der Waals surface area contributed by atoms with Crippen LogP contribution >= 0.6 is 0 Å². The molecule has 0 bridgehead atoms. The third-order valence-electron chi connectivity index (χ3n) is 6.06. The molecule has 30 heavy (non-hydrogen) atoms. The van der Waals surface area contributed by atoms with Crippen LogP contribution in [0.25, 0.3) is 0 Å². The number of sulfonamides is 1. The highest BCUT2D eigenvalue weighted by Gasteiger charge is 2.34. The number of nitrogens with zero attached hydrogens (tertiary/aromatic N) is 1. The van der Waals surface area contributed by atoms with Gasteiger partial charge in [0.25, 0.3) is 0 Å².